The van der Waals surface area contributed by atoms with Gasteiger partial charge in [-0.1, -0.05) is 29.0 Å². The monoisotopic (exact) mass is 304 g/mol. The zero-order valence-electron chi connectivity index (χ0n) is 9.21. The average Bonchev–Trinajstić information content (AvgIpc) is 2.68. The number of nitrogens with one attached hydrogen (secondary N) is 1. The van der Waals surface area contributed by atoms with E-state index in [2.05, 4.69) is 14.9 Å². The molecule has 0 aliphatic carbocycles. The minimum absolute atomic E-state index is 0.209. The van der Waals surface area contributed by atoms with Gasteiger partial charge < -0.3 is 5.73 Å². The Morgan fingerprint density at radius 3 is 2.72 bits per heavy atom. The Kier molecular flexibility index (Phi) is 3.42. The van der Waals surface area contributed by atoms with Crippen molar-refractivity contribution in [3.63, 3.8) is 0 Å². The highest BCUT2D eigenvalue weighted by Gasteiger charge is 2.10. The molecule has 0 atom stereocenters. The van der Waals surface area contributed by atoms with Crippen LogP contribution in [-0.2, 0) is 10.0 Å². The van der Waals surface area contributed by atoms with E-state index in [4.69, 9.17) is 17.3 Å². The van der Waals surface area contributed by atoms with Crippen LogP contribution in [0.4, 0.5) is 10.8 Å². The van der Waals surface area contributed by atoms with Crippen molar-refractivity contribution in [2.24, 2.45) is 0 Å². The molecule has 9 heteroatoms. The Labute approximate surface area is 113 Å². The topological polar surface area (TPSA) is 98.0 Å². The summed E-state index contributed by atoms with van der Waals surface area (Å²) in [6.45, 7) is 0. The zero-order valence-corrected chi connectivity index (χ0v) is 11.6. The highest BCUT2D eigenvalue weighted by Crippen LogP contribution is 2.30. The van der Waals surface area contributed by atoms with Crippen molar-refractivity contribution >= 4 is 43.8 Å². The lowest BCUT2D eigenvalue weighted by Crippen LogP contribution is -2.08. The summed E-state index contributed by atoms with van der Waals surface area (Å²) < 4.78 is 24.3. The summed E-state index contributed by atoms with van der Waals surface area (Å²) >= 11 is 6.93. The number of hydrogen-bond acceptors (Lipinski definition) is 6. The molecule has 3 N–H and O–H groups in total. The van der Waals surface area contributed by atoms with Crippen LogP contribution in [0.3, 0.4) is 0 Å². The molecular formula is C9H9ClN4O2S2. The van der Waals surface area contributed by atoms with Crippen LogP contribution in [0.2, 0.25) is 5.02 Å². The minimum atomic E-state index is -3.35. The molecule has 0 aliphatic heterocycles. The second-order valence-corrected chi connectivity index (χ2v) is 6.66. The first-order chi connectivity index (χ1) is 8.35. The Balaban J connectivity index is 2.32. The van der Waals surface area contributed by atoms with E-state index in [1.807, 2.05) is 0 Å². The molecule has 2 aromatic rings. The predicted molar refractivity (Wildman–Crippen MR) is 73.2 cm³/mol. The molecule has 0 unspecified atom stereocenters. The van der Waals surface area contributed by atoms with Gasteiger partial charge in [0.05, 0.1) is 17.0 Å². The molecule has 2 rings (SSSR count). The molecule has 0 amide bonds. The van der Waals surface area contributed by atoms with E-state index < -0.39 is 10.0 Å². The minimum Gasteiger partial charge on any atom is -0.398 e. The number of halogens is 1. The molecule has 0 bridgehead atoms. The van der Waals surface area contributed by atoms with E-state index in [0.29, 0.717) is 15.7 Å². The number of aromatic nitrogens is 2. The molecule has 6 nitrogen and oxygen atoms in total. The van der Waals surface area contributed by atoms with E-state index in [-0.39, 0.29) is 5.13 Å². The van der Waals surface area contributed by atoms with Gasteiger partial charge in [0.2, 0.25) is 15.2 Å². The number of benzene rings is 1. The summed E-state index contributed by atoms with van der Waals surface area (Å²) in [5.41, 5.74) is 6.84. The molecule has 0 saturated carbocycles. The van der Waals surface area contributed by atoms with E-state index in [1.54, 1.807) is 18.2 Å². The summed E-state index contributed by atoms with van der Waals surface area (Å²) in [4.78, 5) is 0. The lowest BCUT2D eigenvalue weighted by molar-refractivity contribution is 0.606. The van der Waals surface area contributed by atoms with Crippen LogP contribution in [0.15, 0.2) is 18.2 Å². The largest absolute Gasteiger partial charge is 0.398 e. The van der Waals surface area contributed by atoms with Crippen LogP contribution in [0.1, 0.15) is 0 Å². The molecule has 1 aromatic heterocycles. The Morgan fingerprint density at radius 2 is 2.11 bits per heavy atom. The molecule has 1 aromatic carbocycles. The maximum atomic E-state index is 11.0. The number of nitrogen functional groups attached to an aromatic ring is 1. The van der Waals surface area contributed by atoms with Crippen molar-refractivity contribution in [1.29, 1.82) is 0 Å². The van der Waals surface area contributed by atoms with Gasteiger partial charge in [-0.2, -0.15) is 0 Å². The Hall–Kier alpha value is -1.38. The van der Waals surface area contributed by atoms with Crippen LogP contribution in [0.25, 0.3) is 10.6 Å². The third kappa shape index (κ3) is 3.09. The Bertz CT molecular complexity index is 684. The molecule has 0 aliphatic rings. The van der Waals surface area contributed by atoms with E-state index in [0.717, 1.165) is 23.2 Å². The first kappa shape index (κ1) is 13.1. The molecular weight excluding hydrogens is 296 g/mol. The third-order valence-corrected chi connectivity index (χ3v) is 3.87. The molecule has 0 fully saturated rings. The molecule has 96 valence electrons. The summed E-state index contributed by atoms with van der Waals surface area (Å²) in [6.07, 6.45) is 1.05. The fraction of sp³-hybridized carbons (Fsp3) is 0.111. The normalized spacial score (nSPS) is 11.4. The quantitative estimate of drug-likeness (QED) is 0.843. The van der Waals surface area contributed by atoms with Gasteiger partial charge in [-0.25, -0.2) is 8.42 Å². The van der Waals surface area contributed by atoms with Gasteiger partial charge in [-0.3, -0.25) is 4.72 Å². The van der Waals surface area contributed by atoms with Gasteiger partial charge in [-0.15, -0.1) is 10.2 Å². The van der Waals surface area contributed by atoms with Crippen molar-refractivity contribution < 1.29 is 8.42 Å². The van der Waals surface area contributed by atoms with Crippen LogP contribution < -0.4 is 10.5 Å². The first-order valence-corrected chi connectivity index (χ1v) is 7.80. The fourth-order valence-electron chi connectivity index (χ4n) is 1.22. The number of rotatable bonds is 3. The van der Waals surface area contributed by atoms with E-state index >= 15 is 0 Å². The second-order valence-electron chi connectivity index (χ2n) is 3.52. The number of sulfonamides is 1. The first-order valence-electron chi connectivity index (χ1n) is 4.72. The third-order valence-electron chi connectivity index (χ3n) is 1.94. The van der Waals surface area contributed by atoms with Gasteiger partial charge in [0, 0.05) is 5.56 Å². The Morgan fingerprint density at radius 1 is 1.39 bits per heavy atom. The van der Waals surface area contributed by atoms with Gasteiger partial charge in [-0.05, 0) is 12.1 Å². The lowest BCUT2D eigenvalue weighted by atomic mass is 10.2. The summed E-state index contributed by atoms with van der Waals surface area (Å²) in [5.74, 6) is 0. The van der Waals surface area contributed by atoms with E-state index in [1.165, 1.54) is 0 Å². The SMILES string of the molecule is CS(=O)(=O)Nc1nnc(-c2ccc(Cl)c(N)c2)s1. The van der Waals surface area contributed by atoms with Crippen molar-refractivity contribution in [3.8, 4) is 10.6 Å². The number of hydrogen-bond donors (Lipinski definition) is 2. The summed E-state index contributed by atoms with van der Waals surface area (Å²) in [5, 5.41) is 8.84. The molecule has 1 heterocycles. The standard InChI is InChI=1S/C9H9ClN4O2S2/c1-18(15,16)14-9-13-12-8(17-9)5-2-3-6(10)7(11)4-5/h2-4H,11H2,1H3,(H,13,14). The maximum Gasteiger partial charge on any atom is 0.231 e. The lowest BCUT2D eigenvalue weighted by Gasteiger charge is -1.99. The average molecular weight is 305 g/mol. The van der Waals surface area contributed by atoms with Crippen LogP contribution in [0.5, 0.6) is 0 Å². The van der Waals surface area contributed by atoms with Crippen molar-refractivity contribution in [3.05, 3.63) is 23.2 Å². The number of nitrogens with zero attached hydrogens (tertiary/aromatic N) is 2. The van der Waals surface area contributed by atoms with Gasteiger partial charge >= 0.3 is 0 Å². The smallest absolute Gasteiger partial charge is 0.231 e. The number of anilines is 2. The van der Waals surface area contributed by atoms with E-state index in [9.17, 15) is 8.42 Å². The molecule has 18 heavy (non-hydrogen) atoms. The molecule has 0 radical (unpaired) electrons. The maximum absolute atomic E-state index is 11.0. The highest BCUT2D eigenvalue weighted by molar-refractivity contribution is 7.92. The van der Waals surface area contributed by atoms with Gasteiger partial charge in [0.25, 0.3) is 0 Å². The van der Waals surface area contributed by atoms with Crippen LogP contribution in [-0.4, -0.2) is 24.9 Å². The fourth-order valence-corrected chi connectivity index (χ4v) is 2.90. The highest BCUT2D eigenvalue weighted by atomic mass is 35.5. The summed E-state index contributed by atoms with van der Waals surface area (Å²) in [6, 6.07) is 5.05. The molecule has 0 spiro atoms. The zero-order chi connectivity index (χ0) is 13.3. The number of nitrogens with two attached hydrogens (primary N) is 1. The van der Waals surface area contributed by atoms with Crippen molar-refractivity contribution in [2.45, 2.75) is 0 Å². The van der Waals surface area contributed by atoms with Crippen LogP contribution in [0, 0.1) is 0 Å². The molecule has 0 saturated heterocycles. The second kappa shape index (κ2) is 4.71. The van der Waals surface area contributed by atoms with Crippen molar-refractivity contribution in [1.82, 2.24) is 10.2 Å². The predicted octanol–water partition coefficient (Wildman–Crippen LogP) is 1.81. The summed E-state index contributed by atoms with van der Waals surface area (Å²) in [7, 11) is -3.35. The van der Waals surface area contributed by atoms with Gasteiger partial charge in [0.1, 0.15) is 5.01 Å². The van der Waals surface area contributed by atoms with Gasteiger partial charge in [0.15, 0.2) is 0 Å². The van der Waals surface area contributed by atoms with Crippen LogP contribution >= 0.6 is 22.9 Å². The van der Waals surface area contributed by atoms with Crippen molar-refractivity contribution in [2.75, 3.05) is 16.7 Å².